The third kappa shape index (κ3) is 5.36. The van der Waals surface area contributed by atoms with Crippen LogP contribution in [0.1, 0.15) is 46.4 Å². The maximum atomic E-state index is 13.4. The van der Waals surface area contributed by atoms with Crippen LogP contribution in [0.2, 0.25) is 0 Å². The standard InChI is InChI=1S/C27H25N3O8S/c1-14(2)13-38-19-10-8-16(9-11-19)22(31)20-21(17-6-5-7-18(12-17)30(35)36)29(25(33)23(20)32)27-28-15(3)24(39-27)26(34)37-4/h5-12,14,21,31H,13H2,1-4H3/b22-20+. The molecular weight excluding hydrogens is 526 g/mol. The lowest BCUT2D eigenvalue weighted by atomic mass is 9.95. The number of non-ortho nitro benzene ring substituents is 1. The molecule has 202 valence electrons. The minimum Gasteiger partial charge on any atom is -0.507 e. The number of aromatic nitrogens is 1. The van der Waals surface area contributed by atoms with Crippen molar-refractivity contribution in [1.82, 2.24) is 4.98 Å². The zero-order valence-electron chi connectivity index (χ0n) is 21.5. The van der Waals surface area contributed by atoms with Crippen molar-refractivity contribution in [3.05, 3.63) is 85.9 Å². The summed E-state index contributed by atoms with van der Waals surface area (Å²) in [6, 6.07) is 10.5. The lowest BCUT2D eigenvalue weighted by molar-refractivity contribution is -0.384. The van der Waals surface area contributed by atoms with Crippen molar-refractivity contribution >= 4 is 45.6 Å². The summed E-state index contributed by atoms with van der Waals surface area (Å²) in [6.45, 7) is 6.05. The molecule has 0 bridgehead atoms. The van der Waals surface area contributed by atoms with Gasteiger partial charge in [0, 0.05) is 17.7 Å². The van der Waals surface area contributed by atoms with Gasteiger partial charge in [-0.05, 0) is 42.7 Å². The Morgan fingerprint density at radius 3 is 2.51 bits per heavy atom. The first-order valence-electron chi connectivity index (χ1n) is 11.9. The fourth-order valence-corrected chi connectivity index (χ4v) is 5.06. The molecular formula is C27H25N3O8S. The lowest BCUT2D eigenvalue weighted by Crippen LogP contribution is -2.29. The van der Waals surface area contributed by atoms with Gasteiger partial charge in [-0.25, -0.2) is 9.78 Å². The molecule has 1 N–H and O–H groups in total. The quantitative estimate of drug-likeness (QED) is 0.104. The Balaban J connectivity index is 1.87. The second-order valence-corrected chi connectivity index (χ2v) is 10.1. The third-order valence-corrected chi connectivity index (χ3v) is 7.05. The van der Waals surface area contributed by atoms with E-state index < -0.39 is 34.4 Å². The molecule has 4 rings (SSSR count). The zero-order chi connectivity index (χ0) is 28.4. The molecule has 1 fully saturated rings. The van der Waals surface area contributed by atoms with Crippen molar-refractivity contribution in [1.29, 1.82) is 0 Å². The Morgan fingerprint density at radius 2 is 1.90 bits per heavy atom. The van der Waals surface area contributed by atoms with Crippen molar-refractivity contribution < 1.29 is 33.9 Å². The summed E-state index contributed by atoms with van der Waals surface area (Å²) in [5.41, 5.74) is 0.179. The number of benzene rings is 2. The molecule has 1 amide bonds. The largest absolute Gasteiger partial charge is 0.507 e. The Hall–Kier alpha value is -4.58. The van der Waals surface area contributed by atoms with Crippen LogP contribution in [0.5, 0.6) is 5.75 Å². The smallest absolute Gasteiger partial charge is 0.350 e. The summed E-state index contributed by atoms with van der Waals surface area (Å²) in [5, 5.41) is 22.8. The fraction of sp³-hybridized carbons (Fsp3) is 0.259. The van der Waals surface area contributed by atoms with Crippen molar-refractivity contribution in [2.45, 2.75) is 26.8 Å². The minimum atomic E-state index is -1.25. The number of hydrogen-bond donors (Lipinski definition) is 1. The number of hydrogen-bond acceptors (Lipinski definition) is 10. The van der Waals surface area contributed by atoms with Gasteiger partial charge >= 0.3 is 11.9 Å². The van der Waals surface area contributed by atoms with Gasteiger partial charge in [0.15, 0.2) is 5.13 Å². The highest BCUT2D eigenvalue weighted by molar-refractivity contribution is 7.17. The molecule has 2 heterocycles. The Kier molecular flexibility index (Phi) is 7.77. The summed E-state index contributed by atoms with van der Waals surface area (Å²) in [6.07, 6.45) is 0. The second-order valence-electron chi connectivity index (χ2n) is 9.15. The van der Waals surface area contributed by atoms with Crippen molar-refractivity contribution in [3.63, 3.8) is 0 Å². The van der Waals surface area contributed by atoms with Gasteiger partial charge < -0.3 is 14.6 Å². The average molecular weight is 552 g/mol. The van der Waals surface area contributed by atoms with Crippen LogP contribution in [0.4, 0.5) is 10.8 Å². The molecule has 12 heteroatoms. The topological polar surface area (TPSA) is 149 Å². The summed E-state index contributed by atoms with van der Waals surface area (Å²) in [5.74, 6) is -2.28. The SMILES string of the molecule is COC(=O)c1sc(N2C(=O)C(=O)/C(=C(/O)c3ccc(OCC(C)C)cc3)C2c2cccc([N+](=O)[O-])c2)nc1C. The number of nitro benzene ring substituents is 1. The number of nitro groups is 1. The number of amides is 1. The lowest BCUT2D eigenvalue weighted by Gasteiger charge is -2.22. The summed E-state index contributed by atoms with van der Waals surface area (Å²) in [7, 11) is 1.20. The number of methoxy groups -OCH3 is 1. The molecule has 1 saturated heterocycles. The Labute approximate surface area is 227 Å². The Bertz CT molecular complexity index is 1490. The number of thiazole rings is 1. The van der Waals surface area contributed by atoms with Crippen LogP contribution in [0.3, 0.4) is 0 Å². The molecule has 3 aromatic rings. The number of Topliss-reactive ketones (excluding diaryl/α,β-unsaturated/α-hetero) is 1. The third-order valence-electron chi connectivity index (χ3n) is 5.91. The van der Waals surface area contributed by atoms with Crippen LogP contribution >= 0.6 is 11.3 Å². The minimum absolute atomic E-state index is 0.00277. The number of carbonyl (C=O) groups excluding carboxylic acids is 3. The van der Waals surface area contributed by atoms with E-state index >= 15 is 0 Å². The van der Waals surface area contributed by atoms with E-state index in [0.717, 1.165) is 16.2 Å². The normalized spacial score (nSPS) is 16.5. The highest BCUT2D eigenvalue weighted by atomic mass is 32.1. The second kappa shape index (κ2) is 11.0. The molecule has 0 aliphatic carbocycles. The van der Waals surface area contributed by atoms with Crippen LogP contribution in [0.25, 0.3) is 5.76 Å². The van der Waals surface area contributed by atoms with Crippen LogP contribution < -0.4 is 9.64 Å². The molecule has 0 saturated carbocycles. The molecule has 0 spiro atoms. The number of aliphatic hydroxyl groups excluding tert-OH is 1. The van der Waals surface area contributed by atoms with E-state index in [-0.39, 0.29) is 38.1 Å². The first kappa shape index (κ1) is 27.5. The van der Waals surface area contributed by atoms with E-state index in [2.05, 4.69) is 4.98 Å². The summed E-state index contributed by atoms with van der Waals surface area (Å²) >= 11 is 0.836. The number of rotatable bonds is 8. The zero-order valence-corrected chi connectivity index (χ0v) is 22.4. The van der Waals surface area contributed by atoms with E-state index in [4.69, 9.17) is 9.47 Å². The summed E-state index contributed by atoms with van der Waals surface area (Å²) in [4.78, 5) is 55.3. The summed E-state index contributed by atoms with van der Waals surface area (Å²) < 4.78 is 10.5. The highest BCUT2D eigenvalue weighted by Crippen LogP contribution is 2.44. The van der Waals surface area contributed by atoms with Gasteiger partial charge in [0.2, 0.25) is 0 Å². The van der Waals surface area contributed by atoms with E-state index in [1.54, 1.807) is 31.2 Å². The van der Waals surface area contributed by atoms with Crippen LogP contribution in [-0.4, -0.2) is 46.4 Å². The van der Waals surface area contributed by atoms with Gasteiger partial charge in [-0.1, -0.05) is 37.3 Å². The molecule has 1 atom stereocenters. The van der Waals surface area contributed by atoms with Crippen molar-refractivity contribution in [3.8, 4) is 5.75 Å². The average Bonchev–Trinajstić information content (AvgIpc) is 3.43. The maximum Gasteiger partial charge on any atom is 0.350 e. The van der Waals surface area contributed by atoms with Crippen molar-refractivity contribution in [2.75, 3.05) is 18.6 Å². The van der Waals surface area contributed by atoms with Crippen molar-refractivity contribution in [2.24, 2.45) is 5.92 Å². The van der Waals surface area contributed by atoms with E-state index in [0.29, 0.717) is 18.3 Å². The number of aryl methyl sites for hydroxylation is 1. The molecule has 2 aromatic carbocycles. The molecule has 1 unspecified atom stereocenters. The number of anilines is 1. The molecule has 11 nitrogen and oxygen atoms in total. The molecule has 39 heavy (non-hydrogen) atoms. The number of esters is 1. The number of ether oxygens (including phenoxy) is 2. The predicted molar refractivity (Wildman–Crippen MR) is 143 cm³/mol. The van der Waals surface area contributed by atoms with Gasteiger partial charge in [0.1, 0.15) is 16.4 Å². The van der Waals surface area contributed by atoms with Crippen LogP contribution in [0.15, 0.2) is 54.1 Å². The van der Waals surface area contributed by atoms with Gasteiger partial charge in [-0.2, -0.15) is 0 Å². The first-order valence-corrected chi connectivity index (χ1v) is 12.7. The maximum absolute atomic E-state index is 13.4. The number of carbonyl (C=O) groups is 3. The molecule has 1 aliphatic heterocycles. The van der Waals surface area contributed by atoms with Gasteiger partial charge in [-0.15, -0.1) is 0 Å². The number of nitrogens with zero attached hydrogens (tertiary/aromatic N) is 3. The van der Waals surface area contributed by atoms with Gasteiger partial charge in [-0.3, -0.25) is 24.6 Å². The molecule has 1 aromatic heterocycles. The fourth-order valence-electron chi connectivity index (χ4n) is 4.05. The monoisotopic (exact) mass is 551 g/mol. The first-order chi connectivity index (χ1) is 18.5. The predicted octanol–water partition coefficient (Wildman–Crippen LogP) is 4.81. The van der Waals surface area contributed by atoms with Crippen LogP contribution in [0, 0.1) is 23.0 Å². The van der Waals surface area contributed by atoms with Crippen LogP contribution in [-0.2, 0) is 14.3 Å². The Morgan fingerprint density at radius 1 is 1.21 bits per heavy atom. The molecule has 1 aliphatic rings. The van der Waals surface area contributed by atoms with E-state index in [1.807, 2.05) is 13.8 Å². The number of aliphatic hydroxyl groups is 1. The molecule has 0 radical (unpaired) electrons. The van der Waals surface area contributed by atoms with E-state index in [9.17, 15) is 29.6 Å². The highest BCUT2D eigenvalue weighted by Gasteiger charge is 2.48. The van der Waals surface area contributed by atoms with Gasteiger partial charge in [0.25, 0.3) is 11.5 Å². The van der Waals surface area contributed by atoms with E-state index in [1.165, 1.54) is 31.4 Å². The van der Waals surface area contributed by atoms with Gasteiger partial charge in [0.05, 0.1) is 35.9 Å². The number of ketones is 1.